The molecule has 0 unspecified atom stereocenters. The van der Waals surface area contributed by atoms with Crippen molar-refractivity contribution in [2.45, 2.75) is 39.5 Å². The van der Waals surface area contributed by atoms with Gasteiger partial charge in [0.1, 0.15) is 0 Å². The van der Waals surface area contributed by atoms with Gasteiger partial charge in [-0.2, -0.15) is 0 Å². The number of benzene rings is 1. The van der Waals surface area contributed by atoms with E-state index in [1.807, 2.05) is 0 Å². The summed E-state index contributed by atoms with van der Waals surface area (Å²) in [6.07, 6.45) is 4.12. The normalized spacial score (nSPS) is 10.9. The standard InChI is InChI=1S/C15H19BrN2S/c1-3-5-13-14(19-15(17)18-13)9-11-6-7-12(16)8-10(11)4-2/h6-8H,3-5,9H2,1-2H3,(H2,17,18). The first kappa shape index (κ1) is 14.5. The molecule has 0 aliphatic carbocycles. The van der Waals surface area contributed by atoms with Crippen molar-refractivity contribution in [3.8, 4) is 0 Å². The Hall–Kier alpha value is -0.870. The Morgan fingerprint density at radius 3 is 2.74 bits per heavy atom. The molecule has 2 nitrogen and oxygen atoms in total. The molecule has 0 saturated carbocycles. The van der Waals surface area contributed by atoms with E-state index in [0.717, 1.165) is 30.2 Å². The van der Waals surface area contributed by atoms with Crippen molar-refractivity contribution >= 4 is 32.4 Å². The number of thiazole rings is 1. The van der Waals surface area contributed by atoms with Crippen LogP contribution in [0.25, 0.3) is 0 Å². The first-order valence-corrected chi connectivity index (χ1v) is 8.26. The van der Waals surface area contributed by atoms with Gasteiger partial charge in [-0.1, -0.05) is 42.3 Å². The lowest BCUT2D eigenvalue weighted by Crippen LogP contribution is -1.96. The minimum absolute atomic E-state index is 0.689. The van der Waals surface area contributed by atoms with Crippen molar-refractivity contribution in [3.05, 3.63) is 44.4 Å². The molecule has 0 aliphatic heterocycles. The lowest BCUT2D eigenvalue weighted by molar-refractivity contribution is 0.878. The van der Waals surface area contributed by atoms with Crippen LogP contribution in [0.1, 0.15) is 42.0 Å². The Morgan fingerprint density at radius 2 is 2.05 bits per heavy atom. The van der Waals surface area contributed by atoms with Crippen LogP contribution in [0, 0.1) is 0 Å². The van der Waals surface area contributed by atoms with Crippen LogP contribution in [0.2, 0.25) is 0 Å². The Balaban J connectivity index is 2.30. The first-order chi connectivity index (χ1) is 9.13. The minimum atomic E-state index is 0.689. The van der Waals surface area contributed by atoms with E-state index in [9.17, 15) is 0 Å². The van der Waals surface area contributed by atoms with E-state index in [2.05, 4.69) is 53.0 Å². The van der Waals surface area contributed by atoms with Crippen LogP contribution in [0.3, 0.4) is 0 Å². The molecular formula is C15H19BrN2S. The quantitative estimate of drug-likeness (QED) is 0.865. The van der Waals surface area contributed by atoms with E-state index in [-0.39, 0.29) is 0 Å². The number of hydrogen-bond donors (Lipinski definition) is 1. The van der Waals surface area contributed by atoms with Crippen LogP contribution in [0.4, 0.5) is 5.13 Å². The number of aromatic nitrogens is 1. The molecule has 0 saturated heterocycles. The number of hydrogen-bond acceptors (Lipinski definition) is 3. The molecular weight excluding hydrogens is 320 g/mol. The van der Waals surface area contributed by atoms with Gasteiger partial charge in [0.2, 0.25) is 0 Å². The van der Waals surface area contributed by atoms with Crippen LogP contribution in [0.15, 0.2) is 22.7 Å². The molecule has 1 aromatic carbocycles. The van der Waals surface area contributed by atoms with Gasteiger partial charge in [0, 0.05) is 15.8 Å². The van der Waals surface area contributed by atoms with Gasteiger partial charge in [0.15, 0.2) is 5.13 Å². The zero-order valence-electron chi connectivity index (χ0n) is 11.4. The van der Waals surface area contributed by atoms with E-state index < -0.39 is 0 Å². The maximum absolute atomic E-state index is 5.86. The van der Waals surface area contributed by atoms with Gasteiger partial charge >= 0.3 is 0 Å². The number of nitrogens with two attached hydrogens (primary N) is 1. The number of nitrogens with zero attached hydrogens (tertiary/aromatic N) is 1. The molecule has 0 spiro atoms. The summed E-state index contributed by atoms with van der Waals surface area (Å²) in [5.74, 6) is 0. The highest BCUT2D eigenvalue weighted by Gasteiger charge is 2.11. The van der Waals surface area contributed by atoms with Gasteiger partial charge in [0.25, 0.3) is 0 Å². The summed E-state index contributed by atoms with van der Waals surface area (Å²) in [5.41, 5.74) is 9.81. The van der Waals surface area contributed by atoms with Crippen molar-refractivity contribution in [2.75, 3.05) is 5.73 Å². The van der Waals surface area contributed by atoms with Gasteiger partial charge in [-0.25, -0.2) is 4.98 Å². The van der Waals surface area contributed by atoms with Gasteiger partial charge in [-0.3, -0.25) is 0 Å². The SMILES string of the molecule is CCCc1nc(N)sc1Cc1ccc(Br)cc1CC. The summed E-state index contributed by atoms with van der Waals surface area (Å²) >= 11 is 5.16. The third-order valence-electron chi connectivity index (χ3n) is 3.18. The van der Waals surface area contributed by atoms with Crippen LogP contribution in [-0.2, 0) is 19.3 Å². The molecule has 1 aromatic heterocycles. The van der Waals surface area contributed by atoms with E-state index >= 15 is 0 Å². The zero-order chi connectivity index (χ0) is 13.8. The second-order valence-electron chi connectivity index (χ2n) is 4.62. The van der Waals surface area contributed by atoms with Gasteiger partial charge in [0.05, 0.1) is 5.69 Å². The van der Waals surface area contributed by atoms with Gasteiger partial charge in [-0.15, -0.1) is 11.3 Å². The summed E-state index contributed by atoms with van der Waals surface area (Å²) in [6, 6.07) is 6.52. The molecule has 1 heterocycles. The lowest BCUT2D eigenvalue weighted by atomic mass is 10.0. The number of anilines is 1. The predicted octanol–water partition coefficient (Wildman–Crippen LogP) is 4.59. The number of aryl methyl sites for hydroxylation is 2. The third kappa shape index (κ3) is 3.57. The predicted molar refractivity (Wildman–Crippen MR) is 86.8 cm³/mol. The summed E-state index contributed by atoms with van der Waals surface area (Å²) < 4.78 is 1.14. The zero-order valence-corrected chi connectivity index (χ0v) is 13.8. The van der Waals surface area contributed by atoms with E-state index in [1.165, 1.54) is 21.7 Å². The molecule has 2 N–H and O–H groups in total. The van der Waals surface area contributed by atoms with Crippen molar-refractivity contribution in [2.24, 2.45) is 0 Å². The molecule has 19 heavy (non-hydrogen) atoms. The average molecular weight is 339 g/mol. The van der Waals surface area contributed by atoms with Crippen molar-refractivity contribution in [1.82, 2.24) is 4.98 Å². The Kier molecular flexibility index (Phi) is 4.99. The van der Waals surface area contributed by atoms with E-state index in [0.29, 0.717) is 5.13 Å². The Bertz CT molecular complexity index is 563. The third-order valence-corrected chi connectivity index (χ3v) is 4.60. The fraction of sp³-hybridized carbons (Fsp3) is 0.400. The molecule has 0 atom stereocenters. The molecule has 0 bridgehead atoms. The highest BCUT2D eigenvalue weighted by Crippen LogP contribution is 2.27. The number of rotatable bonds is 5. The Morgan fingerprint density at radius 1 is 1.26 bits per heavy atom. The number of nitrogen functional groups attached to an aromatic ring is 1. The maximum atomic E-state index is 5.86. The maximum Gasteiger partial charge on any atom is 0.180 e. The molecule has 4 heteroatoms. The van der Waals surface area contributed by atoms with Gasteiger partial charge in [-0.05, 0) is 36.1 Å². The lowest BCUT2D eigenvalue weighted by Gasteiger charge is -2.08. The fourth-order valence-corrected chi connectivity index (χ4v) is 3.55. The molecule has 2 rings (SSSR count). The van der Waals surface area contributed by atoms with Crippen molar-refractivity contribution in [3.63, 3.8) is 0 Å². The monoisotopic (exact) mass is 338 g/mol. The minimum Gasteiger partial charge on any atom is -0.375 e. The summed E-state index contributed by atoms with van der Waals surface area (Å²) in [4.78, 5) is 5.77. The van der Waals surface area contributed by atoms with E-state index in [4.69, 9.17) is 5.73 Å². The van der Waals surface area contributed by atoms with Crippen LogP contribution >= 0.6 is 27.3 Å². The van der Waals surface area contributed by atoms with Crippen LogP contribution in [0.5, 0.6) is 0 Å². The number of halogens is 1. The van der Waals surface area contributed by atoms with E-state index in [1.54, 1.807) is 11.3 Å². The highest BCUT2D eigenvalue weighted by atomic mass is 79.9. The fourth-order valence-electron chi connectivity index (χ4n) is 2.24. The van der Waals surface area contributed by atoms with Crippen molar-refractivity contribution < 1.29 is 0 Å². The second-order valence-corrected chi connectivity index (χ2v) is 6.65. The van der Waals surface area contributed by atoms with Crippen LogP contribution in [-0.4, -0.2) is 4.98 Å². The molecule has 0 amide bonds. The summed E-state index contributed by atoms with van der Waals surface area (Å²) in [6.45, 7) is 4.37. The Labute approximate surface area is 127 Å². The topological polar surface area (TPSA) is 38.9 Å². The molecule has 0 aliphatic rings. The van der Waals surface area contributed by atoms with Crippen LogP contribution < -0.4 is 5.73 Å². The molecule has 0 radical (unpaired) electrons. The van der Waals surface area contributed by atoms with Crippen molar-refractivity contribution in [1.29, 1.82) is 0 Å². The molecule has 0 fully saturated rings. The average Bonchev–Trinajstić information content (AvgIpc) is 2.72. The largest absolute Gasteiger partial charge is 0.375 e. The first-order valence-electron chi connectivity index (χ1n) is 6.65. The molecule has 102 valence electrons. The summed E-state index contributed by atoms with van der Waals surface area (Å²) in [7, 11) is 0. The molecule has 2 aromatic rings. The summed E-state index contributed by atoms with van der Waals surface area (Å²) in [5, 5.41) is 0.689. The smallest absolute Gasteiger partial charge is 0.180 e. The van der Waals surface area contributed by atoms with Gasteiger partial charge < -0.3 is 5.73 Å². The second kappa shape index (κ2) is 6.53. The highest BCUT2D eigenvalue weighted by molar-refractivity contribution is 9.10.